The molecule has 8 nitrogen and oxygen atoms in total. The average molecular weight is 455 g/mol. The van der Waals surface area contributed by atoms with Crippen molar-refractivity contribution in [3.63, 3.8) is 0 Å². The van der Waals surface area contributed by atoms with Crippen LogP contribution in [0.2, 0.25) is 0 Å². The Balaban J connectivity index is 1.48. The maximum absolute atomic E-state index is 14.3. The fraction of sp³-hybridized carbons (Fsp3) is 0.857. The monoisotopic (exact) mass is 454 g/mol. The molecule has 0 radical (unpaired) electrons. The summed E-state index contributed by atoms with van der Waals surface area (Å²) in [5, 5.41) is 8.39. The molecule has 3 amide bonds. The first-order valence-corrected chi connectivity index (χ1v) is 12.7. The molecule has 6 unspecified atom stereocenters. The minimum absolute atomic E-state index is 0.0660. The molecule has 1 N–H and O–H groups in total. The normalized spacial score (nSPS) is 37.9. The van der Waals surface area contributed by atoms with E-state index in [-0.39, 0.29) is 36.2 Å². The van der Waals surface area contributed by atoms with Gasteiger partial charge >= 0.3 is 6.03 Å². The highest BCUT2D eigenvalue weighted by atomic mass is 32.2. The van der Waals surface area contributed by atoms with Crippen molar-refractivity contribution in [2.24, 2.45) is 17.8 Å². The first-order chi connectivity index (χ1) is 14.5. The molecule has 10 heteroatoms. The van der Waals surface area contributed by atoms with Crippen molar-refractivity contribution in [3.05, 3.63) is 0 Å². The predicted octanol–water partition coefficient (Wildman–Crippen LogP) is 2.17. The van der Waals surface area contributed by atoms with Gasteiger partial charge in [-0.25, -0.2) is 22.3 Å². The number of rotatable bonds is 5. The SMILES string of the molecule is CN1C(=O)C2CC(S(=O)(=O)NC3(C)CC3)CCC2N(CC2CCC(C#N)C(F)C2)C1=O. The van der Waals surface area contributed by atoms with Crippen LogP contribution in [-0.2, 0) is 14.8 Å². The number of carbonyl (C=O) groups is 2. The molecule has 3 saturated carbocycles. The number of nitriles is 1. The highest BCUT2D eigenvalue weighted by molar-refractivity contribution is 7.90. The molecular weight excluding hydrogens is 423 g/mol. The van der Waals surface area contributed by atoms with Crippen LogP contribution in [0, 0.1) is 29.1 Å². The highest BCUT2D eigenvalue weighted by Gasteiger charge is 2.51. The summed E-state index contributed by atoms with van der Waals surface area (Å²) in [5.74, 6) is -1.56. The molecule has 0 aromatic carbocycles. The summed E-state index contributed by atoms with van der Waals surface area (Å²) in [6, 6.07) is 1.26. The van der Waals surface area contributed by atoms with Crippen molar-refractivity contribution in [1.82, 2.24) is 14.5 Å². The molecule has 172 valence electrons. The van der Waals surface area contributed by atoms with Crippen LogP contribution in [0.25, 0.3) is 0 Å². The lowest BCUT2D eigenvalue weighted by atomic mass is 9.78. The van der Waals surface area contributed by atoms with E-state index in [9.17, 15) is 22.4 Å². The molecule has 1 aliphatic heterocycles. The molecule has 0 spiro atoms. The van der Waals surface area contributed by atoms with Gasteiger partial charge in [-0.3, -0.25) is 9.69 Å². The zero-order valence-corrected chi connectivity index (χ0v) is 18.9. The van der Waals surface area contributed by atoms with Crippen LogP contribution >= 0.6 is 0 Å². The molecule has 4 aliphatic rings. The van der Waals surface area contributed by atoms with E-state index in [4.69, 9.17) is 5.26 Å². The number of fused-ring (bicyclic) bond motifs is 1. The Labute approximate surface area is 183 Å². The summed E-state index contributed by atoms with van der Waals surface area (Å²) >= 11 is 0. The molecule has 1 saturated heterocycles. The molecule has 0 aromatic heterocycles. The summed E-state index contributed by atoms with van der Waals surface area (Å²) in [4.78, 5) is 28.5. The van der Waals surface area contributed by atoms with Crippen LogP contribution < -0.4 is 4.72 Å². The minimum atomic E-state index is -3.55. The van der Waals surface area contributed by atoms with E-state index in [2.05, 4.69) is 4.72 Å². The molecule has 1 heterocycles. The molecule has 3 aliphatic carbocycles. The number of nitrogens with zero attached hydrogens (tertiary/aromatic N) is 3. The molecule has 0 bridgehead atoms. The molecule has 6 atom stereocenters. The summed E-state index contributed by atoms with van der Waals surface area (Å²) in [5.41, 5.74) is -0.365. The Morgan fingerprint density at radius 2 is 1.90 bits per heavy atom. The Bertz CT molecular complexity index is 900. The van der Waals surface area contributed by atoms with E-state index >= 15 is 0 Å². The van der Waals surface area contributed by atoms with Crippen molar-refractivity contribution < 1.29 is 22.4 Å². The van der Waals surface area contributed by atoms with Gasteiger partial charge in [0.1, 0.15) is 6.17 Å². The Kier molecular flexibility index (Phi) is 5.80. The third-order valence-corrected chi connectivity index (χ3v) is 9.76. The molecule has 31 heavy (non-hydrogen) atoms. The van der Waals surface area contributed by atoms with E-state index in [0.717, 1.165) is 17.7 Å². The third-order valence-electron chi connectivity index (χ3n) is 7.68. The Morgan fingerprint density at radius 1 is 1.19 bits per heavy atom. The van der Waals surface area contributed by atoms with Crippen LogP contribution in [0.3, 0.4) is 0 Å². The van der Waals surface area contributed by atoms with Gasteiger partial charge in [0.2, 0.25) is 15.9 Å². The van der Waals surface area contributed by atoms with Gasteiger partial charge in [0.15, 0.2) is 0 Å². The molecule has 4 fully saturated rings. The highest BCUT2D eigenvalue weighted by Crippen LogP contribution is 2.41. The van der Waals surface area contributed by atoms with Gasteiger partial charge in [-0.1, -0.05) is 0 Å². The Morgan fingerprint density at radius 3 is 2.52 bits per heavy atom. The van der Waals surface area contributed by atoms with Gasteiger partial charge in [-0.15, -0.1) is 0 Å². The first kappa shape index (κ1) is 22.5. The van der Waals surface area contributed by atoms with Crippen LogP contribution in [0.5, 0.6) is 0 Å². The second-order valence-corrected chi connectivity index (χ2v) is 12.0. The van der Waals surface area contributed by atoms with Crippen molar-refractivity contribution in [1.29, 1.82) is 5.26 Å². The number of amides is 3. The number of imide groups is 1. The lowest BCUT2D eigenvalue weighted by molar-refractivity contribution is -0.139. The number of sulfonamides is 1. The lowest BCUT2D eigenvalue weighted by Crippen LogP contribution is -2.64. The number of halogens is 1. The second-order valence-electron chi connectivity index (χ2n) is 10.1. The van der Waals surface area contributed by atoms with Crippen LogP contribution in [0.1, 0.15) is 58.3 Å². The predicted molar refractivity (Wildman–Crippen MR) is 111 cm³/mol. The van der Waals surface area contributed by atoms with Crippen LogP contribution in [-0.4, -0.2) is 66.8 Å². The number of hydrogen-bond acceptors (Lipinski definition) is 5. The number of hydrogen-bond donors (Lipinski definition) is 1. The lowest BCUT2D eigenvalue weighted by Gasteiger charge is -2.48. The van der Waals surface area contributed by atoms with Crippen molar-refractivity contribution in [2.45, 2.75) is 81.3 Å². The second kappa shape index (κ2) is 8.00. The maximum Gasteiger partial charge on any atom is 0.326 e. The van der Waals surface area contributed by atoms with Crippen molar-refractivity contribution >= 4 is 22.0 Å². The maximum atomic E-state index is 14.3. The summed E-state index contributed by atoms with van der Waals surface area (Å²) in [7, 11) is -2.12. The van der Waals surface area contributed by atoms with E-state index in [1.165, 1.54) is 7.05 Å². The molecule has 4 rings (SSSR count). The molecule has 0 aromatic rings. The summed E-state index contributed by atoms with van der Waals surface area (Å²) < 4.78 is 42.8. The fourth-order valence-electron chi connectivity index (χ4n) is 5.43. The Hall–Kier alpha value is -1.73. The van der Waals surface area contributed by atoms with Gasteiger partial charge in [-0.2, -0.15) is 5.26 Å². The number of nitrogens with one attached hydrogen (secondary N) is 1. The number of alkyl halides is 1. The van der Waals surface area contributed by atoms with E-state index < -0.39 is 39.3 Å². The van der Waals surface area contributed by atoms with Crippen LogP contribution in [0.15, 0.2) is 0 Å². The fourth-order valence-corrected chi connectivity index (χ4v) is 7.39. The van der Waals surface area contributed by atoms with Gasteiger partial charge in [0, 0.05) is 25.2 Å². The van der Waals surface area contributed by atoms with Gasteiger partial charge < -0.3 is 4.90 Å². The van der Waals surface area contributed by atoms with Crippen LogP contribution in [0.4, 0.5) is 9.18 Å². The quantitative estimate of drug-likeness (QED) is 0.684. The van der Waals surface area contributed by atoms with E-state index in [0.29, 0.717) is 32.2 Å². The smallest absolute Gasteiger partial charge is 0.320 e. The average Bonchev–Trinajstić information content (AvgIpc) is 3.45. The number of carbonyl (C=O) groups excluding carboxylic acids is 2. The zero-order valence-electron chi connectivity index (χ0n) is 18.1. The summed E-state index contributed by atoms with van der Waals surface area (Å²) in [6.45, 7) is 2.22. The molecular formula is C21H31FN4O4S. The van der Waals surface area contributed by atoms with Crippen molar-refractivity contribution in [2.75, 3.05) is 13.6 Å². The third kappa shape index (κ3) is 4.31. The van der Waals surface area contributed by atoms with E-state index in [1.807, 2.05) is 13.0 Å². The van der Waals surface area contributed by atoms with E-state index in [1.54, 1.807) is 4.90 Å². The van der Waals surface area contributed by atoms with Gasteiger partial charge in [-0.05, 0) is 64.2 Å². The summed E-state index contributed by atoms with van der Waals surface area (Å²) in [6.07, 6.45) is 2.82. The van der Waals surface area contributed by atoms with Gasteiger partial charge in [0.25, 0.3) is 0 Å². The zero-order chi connectivity index (χ0) is 22.6. The first-order valence-electron chi connectivity index (χ1n) is 11.2. The largest absolute Gasteiger partial charge is 0.326 e. The number of urea groups is 1. The minimum Gasteiger partial charge on any atom is -0.320 e. The van der Waals surface area contributed by atoms with Crippen molar-refractivity contribution in [3.8, 4) is 6.07 Å². The topological polar surface area (TPSA) is 111 Å². The standard InChI is InChI=1S/C21H31FN4O4S/c1-21(7-8-21)24-31(29,30)15-5-6-18-16(10-15)19(27)25(2)20(28)26(18)12-13-3-4-14(11-23)17(22)9-13/h13-18,24H,3-10,12H2,1-2H3. The van der Waals surface area contributed by atoms with Gasteiger partial charge in [0.05, 0.1) is 23.2 Å².